The molecule has 1 heterocycles. The number of rotatable bonds is 5. The predicted molar refractivity (Wildman–Crippen MR) is 86.6 cm³/mol. The minimum absolute atomic E-state index is 0.0510. The van der Waals surface area contributed by atoms with Crippen molar-refractivity contribution in [3.8, 4) is 0 Å². The summed E-state index contributed by atoms with van der Waals surface area (Å²) in [4.78, 5) is 20.4. The summed E-state index contributed by atoms with van der Waals surface area (Å²) in [5, 5.41) is 40.2. The Hall–Kier alpha value is -3.76. The molecule has 0 radical (unpaired) electrons. The van der Waals surface area contributed by atoms with Gasteiger partial charge < -0.3 is 0 Å². The van der Waals surface area contributed by atoms with E-state index >= 15 is 0 Å². The van der Waals surface area contributed by atoms with Crippen LogP contribution in [0.1, 0.15) is 18.5 Å². The molecule has 0 aliphatic heterocycles. The van der Waals surface area contributed by atoms with Crippen LogP contribution in [0.2, 0.25) is 0 Å². The Kier molecular flexibility index (Phi) is 4.12. The van der Waals surface area contributed by atoms with Crippen molar-refractivity contribution in [1.29, 1.82) is 0 Å². The van der Waals surface area contributed by atoms with E-state index in [2.05, 4.69) is 25.6 Å². The van der Waals surface area contributed by atoms with E-state index in [0.29, 0.717) is 11.0 Å². The first kappa shape index (κ1) is 16.1. The third-order valence-electron chi connectivity index (χ3n) is 3.53. The van der Waals surface area contributed by atoms with Crippen molar-refractivity contribution in [3.05, 3.63) is 62.2 Å². The van der Waals surface area contributed by atoms with E-state index in [4.69, 9.17) is 0 Å². The second-order valence-electron chi connectivity index (χ2n) is 5.15. The molecule has 0 aliphatic rings. The number of fused-ring (bicyclic) bond motifs is 1. The molecule has 0 saturated heterocycles. The molecule has 1 aromatic heterocycles. The highest BCUT2D eigenvalue weighted by atomic mass is 16.6. The van der Waals surface area contributed by atoms with Gasteiger partial charge in [0.05, 0.1) is 22.0 Å². The van der Waals surface area contributed by atoms with Gasteiger partial charge in [-0.05, 0) is 30.7 Å². The minimum atomic E-state index is -0.729. The van der Waals surface area contributed by atoms with E-state index in [9.17, 15) is 20.2 Å². The lowest BCUT2D eigenvalue weighted by Gasteiger charge is -2.05. The number of nitrogens with zero attached hydrogens (tertiary/aromatic N) is 6. The molecule has 11 nitrogen and oxygen atoms in total. The number of hydrogen-bond donors (Lipinski definition) is 1. The fourth-order valence-corrected chi connectivity index (χ4v) is 2.19. The molecule has 0 bridgehead atoms. The van der Waals surface area contributed by atoms with Gasteiger partial charge in [-0.2, -0.15) is 20.5 Å². The number of aromatic nitrogens is 3. The number of azo groups is 1. The number of non-ortho nitro benzene ring substituents is 1. The molecule has 0 spiro atoms. The van der Waals surface area contributed by atoms with Crippen LogP contribution in [0.4, 0.5) is 17.1 Å². The van der Waals surface area contributed by atoms with E-state index in [-0.39, 0.29) is 11.4 Å². The van der Waals surface area contributed by atoms with Crippen molar-refractivity contribution in [2.24, 2.45) is 10.2 Å². The van der Waals surface area contributed by atoms with Crippen LogP contribution >= 0.6 is 0 Å². The number of nitro benzene ring substituents is 2. The van der Waals surface area contributed by atoms with Crippen LogP contribution in [-0.4, -0.2) is 25.3 Å². The highest BCUT2D eigenvalue weighted by molar-refractivity contribution is 5.74. The fourth-order valence-electron chi connectivity index (χ4n) is 2.19. The molecular weight excluding hydrogens is 330 g/mol. The molecular formula is C14H11N7O4. The summed E-state index contributed by atoms with van der Waals surface area (Å²) in [5.41, 5.74) is 1.27. The number of nitrogens with one attached hydrogen (secondary N) is 1. The highest BCUT2D eigenvalue weighted by Crippen LogP contribution is 2.32. The molecule has 1 N–H and O–H groups in total. The summed E-state index contributed by atoms with van der Waals surface area (Å²) in [6, 6.07) is 8.18. The lowest BCUT2D eigenvalue weighted by molar-refractivity contribution is -0.393. The number of aromatic amines is 1. The van der Waals surface area contributed by atoms with Gasteiger partial charge in [0.2, 0.25) is 0 Å². The molecule has 11 heteroatoms. The molecule has 0 amide bonds. The normalized spacial score (nSPS) is 12.5. The third-order valence-corrected chi connectivity index (χ3v) is 3.53. The standard InChI is InChI=1S/C14H11N7O4/c1-8(9-2-4-11-13(6-9)18-19-17-11)15-16-12-5-3-10(20(22)23)7-14(12)21(24)25/h2-8H,1H3,(H,17,18,19). The maximum Gasteiger partial charge on any atom is 0.303 e. The van der Waals surface area contributed by atoms with Crippen LogP contribution in [0.5, 0.6) is 0 Å². The first-order valence-electron chi connectivity index (χ1n) is 7.10. The summed E-state index contributed by atoms with van der Waals surface area (Å²) < 4.78 is 0. The number of nitro groups is 2. The van der Waals surface area contributed by atoms with Crippen LogP contribution in [0.3, 0.4) is 0 Å². The van der Waals surface area contributed by atoms with Crippen molar-refractivity contribution < 1.29 is 9.85 Å². The first-order chi connectivity index (χ1) is 12.0. The van der Waals surface area contributed by atoms with Crippen LogP contribution in [0.25, 0.3) is 11.0 Å². The Morgan fingerprint density at radius 1 is 1.04 bits per heavy atom. The van der Waals surface area contributed by atoms with Crippen LogP contribution in [0.15, 0.2) is 46.6 Å². The van der Waals surface area contributed by atoms with Crippen LogP contribution in [0, 0.1) is 20.2 Å². The van der Waals surface area contributed by atoms with E-state index in [1.807, 2.05) is 0 Å². The Bertz CT molecular complexity index is 998. The topological polar surface area (TPSA) is 153 Å². The van der Waals surface area contributed by atoms with Gasteiger partial charge in [-0.1, -0.05) is 6.07 Å². The smallest absolute Gasteiger partial charge is 0.258 e. The summed E-state index contributed by atoms with van der Waals surface area (Å²) in [5.74, 6) is 0. The van der Waals surface area contributed by atoms with Gasteiger partial charge in [-0.15, -0.1) is 5.11 Å². The minimum Gasteiger partial charge on any atom is -0.258 e. The van der Waals surface area contributed by atoms with Crippen molar-refractivity contribution in [2.75, 3.05) is 0 Å². The SMILES string of the molecule is CC(N=Nc1ccc([N+](=O)[O-])cc1[N+](=O)[O-])c1ccc2n[nH]nc2c1. The Labute approximate surface area is 139 Å². The average Bonchev–Trinajstić information content (AvgIpc) is 3.06. The molecule has 3 rings (SSSR count). The fraction of sp³-hybridized carbons (Fsp3) is 0.143. The van der Waals surface area contributed by atoms with Crippen molar-refractivity contribution in [1.82, 2.24) is 15.4 Å². The number of H-pyrrole nitrogens is 1. The molecule has 0 fully saturated rings. The zero-order chi connectivity index (χ0) is 18.0. The van der Waals surface area contributed by atoms with Gasteiger partial charge in [0.15, 0.2) is 5.69 Å². The number of hydrogen-bond acceptors (Lipinski definition) is 8. The molecule has 2 aromatic carbocycles. The zero-order valence-electron chi connectivity index (χ0n) is 12.9. The molecule has 0 aliphatic carbocycles. The van der Waals surface area contributed by atoms with E-state index in [1.165, 1.54) is 6.07 Å². The summed E-state index contributed by atoms with van der Waals surface area (Å²) in [6.45, 7) is 1.77. The Balaban J connectivity index is 1.89. The molecule has 1 unspecified atom stereocenters. The van der Waals surface area contributed by atoms with Crippen LogP contribution < -0.4 is 0 Å². The maximum absolute atomic E-state index is 11.1. The van der Waals surface area contributed by atoms with Crippen molar-refractivity contribution >= 4 is 28.1 Å². The lowest BCUT2D eigenvalue weighted by Crippen LogP contribution is -1.93. The predicted octanol–water partition coefficient (Wildman–Crippen LogP) is 3.62. The average molecular weight is 341 g/mol. The molecule has 1 atom stereocenters. The monoisotopic (exact) mass is 341 g/mol. The van der Waals surface area contributed by atoms with E-state index in [1.54, 1.807) is 25.1 Å². The Morgan fingerprint density at radius 2 is 1.80 bits per heavy atom. The Morgan fingerprint density at radius 3 is 2.52 bits per heavy atom. The lowest BCUT2D eigenvalue weighted by atomic mass is 10.1. The summed E-state index contributed by atoms with van der Waals surface area (Å²) in [6.07, 6.45) is 0. The van der Waals surface area contributed by atoms with E-state index in [0.717, 1.165) is 17.7 Å². The van der Waals surface area contributed by atoms with Gasteiger partial charge in [-0.25, -0.2) is 0 Å². The molecule has 25 heavy (non-hydrogen) atoms. The van der Waals surface area contributed by atoms with Gasteiger partial charge in [0.25, 0.3) is 5.69 Å². The first-order valence-corrected chi connectivity index (χ1v) is 7.10. The second-order valence-corrected chi connectivity index (χ2v) is 5.15. The maximum atomic E-state index is 11.1. The summed E-state index contributed by atoms with van der Waals surface area (Å²) >= 11 is 0. The highest BCUT2D eigenvalue weighted by Gasteiger charge is 2.19. The molecule has 126 valence electrons. The second kappa shape index (κ2) is 6.39. The largest absolute Gasteiger partial charge is 0.303 e. The third kappa shape index (κ3) is 3.29. The quantitative estimate of drug-likeness (QED) is 0.425. The zero-order valence-corrected chi connectivity index (χ0v) is 12.9. The van der Waals surface area contributed by atoms with Crippen molar-refractivity contribution in [3.63, 3.8) is 0 Å². The number of benzene rings is 2. The van der Waals surface area contributed by atoms with Gasteiger partial charge in [-0.3, -0.25) is 20.2 Å². The molecule has 3 aromatic rings. The van der Waals surface area contributed by atoms with Gasteiger partial charge in [0.1, 0.15) is 11.0 Å². The van der Waals surface area contributed by atoms with Crippen molar-refractivity contribution in [2.45, 2.75) is 13.0 Å². The molecule has 0 saturated carbocycles. The van der Waals surface area contributed by atoms with Gasteiger partial charge in [0, 0.05) is 6.07 Å². The van der Waals surface area contributed by atoms with E-state index < -0.39 is 21.6 Å². The summed E-state index contributed by atoms with van der Waals surface area (Å²) in [7, 11) is 0. The van der Waals surface area contributed by atoms with Gasteiger partial charge >= 0.3 is 5.69 Å². The van der Waals surface area contributed by atoms with Crippen LogP contribution in [-0.2, 0) is 0 Å².